The lowest BCUT2D eigenvalue weighted by Gasteiger charge is -2.29. The normalized spacial score (nSPS) is 12.0. The molecule has 0 bridgehead atoms. The molecule has 1 N–H and O–H groups in total. The highest BCUT2D eigenvalue weighted by Gasteiger charge is 2.27. The van der Waals surface area contributed by atoms with Gasteiger partial charge in [-0.15, -0.1) is 11.8 Å². The number of carbonyl (C=O) groups is 2. The third-order valence-corrected chi connectivity index (χ3v) is 5.95. The molecule has 0 heterocycles. The molecule has 0 saturated carbocycles. The van der Waals surface area contributed by atoms with Crippen LogP contribution in [0.15, 0.2) is 42.5 Å². The largest absolute Gasteiger partial charge is 0.352 e. The van der Waals surface area contributed by atoms with E-state index < -0.39 is 6.04 Å². The first kappa shape index (κ1) is 24.5. The van der Waals surface area contributed by atoms with Gasteiger partial charge in [-0.3, -0.25) is 9.59 Å². The molecule has 8 heteroatoms. The molecule has 0 spiro atoms. The Kier molecular flexibility index (Phi) is 9.46. The van der Waals surface area contributed by atoms with E-state index in [1.807, 2.05) is 13.8 Å². The van der Waals surface area contributed by atoms with Gasteiger partial charge in [0.05, 0.1) is 5.75 Å². The van der Waals surface area contributed by atoms with E-state index in [2.05, 4.69) is 5.32 Å². The number of hydrogen-bond acceptors (Lipinski definition) is 3. The molecule has 0 fully saturated rings. The van der Waals surface area contributed by atoms with E-state index >= 15 is 0 Å². The van der Waals surface area contributed by atoms with Crippen LogP contribution in [0.1, 0.15) is 31.9 Å². The van der Waals surface area contributed by atoms with E-state index in [-0.39, 0.29) is 36.0 Å². The molecule has 0 unspecified atom stereocenters. The van der Waals surface area contributed by atoms with Gasteiger partial charge in [-0.2, -0.15) is 0 Å². The zero-order chi connectivity index (χ0) is 22.3. The second-order valence-corrected chi connectivity index (χ2v) is 9.01. The highest BCUT2D eigenvalue weighted by atomic mass is 35.5. The van der Waals surface area contributed by atoms with E-state index in [9.17, 15) is 14.0 Å². The molecule has 0 aliphatic rings. The Hall–Kier alpha value is -1.76. The first-order valence-corrected chi connectivity index (χ1v) is 11.4. The molecule has 2 aromatic rings. The van der Waals surface area contributed by atoms with Gasteiger partial charge < -0.3 is 10.2 Å². The molecule has 0 aliphatic carbocycles. The molecule has 4 nitrogen and oxygen atoms in total. The summed E-state index contributed by atoms with van der Waals surface area (Å²) in [7, 11) is 0. The van der Waals surface area contributed by atoms with Crippen molar-refractivity contribution in [3.63, 3.8) is 0 Å². The van der Waals surface area contributed by atoms with E-state index in [1.165, 1.54) is 22.7 Å². The van der Waals surface area contributed by atoms with Crippen molar-refractivity contribution in [1.82, 2.24) is 10.2 Å². The van der Waals surface area contributed by atoms with Gasteiger partial charge in [-0.25, -0.2) is 4.39 Å². The second kappa shape index (κ2) is 11.6. The quantitative estimate of drug-likeness (QED) is 0.540. The van der Waals surface area contributed by atoms with Gasteiger partial charge in [0.25, 0.3) is 0 Å². The standard InChI is InChI=1S/C22H25Cl2FN2O2S/c1-14(2)26-22(29)15(3)27(11-16-8-9-18(23)10-19(16)24)21(28)13-30-12-17-6-4-5-7-20(17)25/h4-10,14-15H,11-13H2,1-3H3,(H,26,29)/t15-/m0/s1. The van der Waals surface area contributed by atoms with Crippen molar-refractivity contribution >= 4 is 46.8 Å². The Labute approximate surface area is 191 Å². The fourth-order valence-electron chi connectivity index (χ4n) is 2.77. The highest BCUT2D eigenvalue weighted by molar-refractivity contribution is 7.99. The fraction of sp³-hybridized carbons (Fsp3) is 0.364. The SMILES string of the molecule is CC(C)NC(=O)[C@H](C)N(Cc1ccc(Cl)cc1Cl)C(=O)CSCc1ccccc1F. The predicted molar refractivity (Wildman–Crippen MR) is 122 cm³/mol. The molecule has 162 valence electrons. The van der Waals surface area contributed by atoms with Crippen LogP contribution in [0.5, 0.6) is 0 Å². The number of nitrogens with one attached hydrogen (secondary N) is 1. The molecule has 30 heavy (non-hydrogen) atoms. The molecule has 1 atom stereocenters. The van der Waals surface area contributed by atoms with Crippen LogP contribution in [0.4, 0.5) is 4.39 Å². The first-order valence-electron chi connectivity index (χ1n) is 9.54. The summed E-state index contributed by atoms with van der Waals surface area (Å²) in [6, 6.07) is 10.8. The van der Waals surface area contributed by atoms with E-state index in [4.69, 9.17) is 23.2 Å². The molecule has 0 aromatic heterocycles. The van der Waals surface area contributed by atoms with Crippen molar-refractivity contribution in [3.05, 3.63) is 69.5 Å². The van der Waals surface area contributed by atoms with E-state index in [0.29, 0.717) is 26.9 Å². The number of thioether (sulfide) groups is 1. The Morgan fingerprint density at radius 3 is 2.43 bits per heavy atom. The molecular weight excluding hydrogens is 446 g/mol. The summed E-state index contributed by atoms with van der Waals surface area (Å²) in [5.74, 6) is -0.303. The maximum Gasteiger partial charge on any atom is 0.242 e. The number of nitrogens with zero attached hydrogens (tertiary/aromatic N) is 1. The minimum atomic E-state index is -0.694. The predicted octanol–water partition coefficient (Wildman–Crippen LogP) is 5.31. The summed E-state index contributed by atoms with van der Waals surface area (Å²) in [6.07, 6.45) is 0. The zero-order valence-corrected chi connectivity index (χ0v) is 19.5. The number of hydrogen-bond donors (Lipinski definition) is 1. The van der Waals surface area contributed by atoms with Crippen LogP contribution in [-0.4, -0.2) is 34.6 Å². The summed E-state index contributed by atoms with van der Waals surface area (Å²) in [6.45, 7) is 5.57. The third kappa shape index (κ3) is 7.18. The number of halogens is 3. The number of benzene rings is 2. The summed E-state index contributed by atoms with van der Waals surface area (Å²) in [5.41, 5.74) is 1.23. The number of carbonyl (C=O) groups excluding carboxylic acids is 2. The molecule has 0 aliphatic heterocycles. The second-order valence-electron chi connectivity index (χ2n) is 7.18. The Balaban J connectivity index is 2.13. The van der Waals surface area contributed by atoms with Crippen LogP contribution in [-0.2, 0) is 21.9 Å². The van der Waals surface area contributed by atoms with Crippen molar-refractivity contribution in [1.29, 1.82) is 0 Å². The van der Waals surface area contributed by atoms with Crippen molar-refractivity contribution in [3.8, 4) is 0 Å². The van der Waals surface area contributed by atoms with Crippen molar-refractivity contribution in [2.75, 3.05) is 5.75 Å². The van der Waals surface area contributed by atoms with Crippen LogP contribution >= 0.6 is 35.0 Å². The van der Waals surface area contributed by atoms with Gasteiger partial charge in [0.1, 0.15) is 11.9 Å². The summed E-state index contributed by atoms with van der Waals surface area (Å²) in [4.78, 5) is 27.0. The lowest BCUT2D eigenvalue weighted by Crippen LogP contribution is -2.49. The summed E-state index contributed by atoms with van der Waals surface area (Å²) < 4.78 is 13.8. The van der Waals surface area contributed by atoms with Crippen molar-refractivity contribution in [2.24, 2.45) is 0 Å². The Morgan fingerprint density at radius 1 is 1.10 bits per heavy atom. The Morgan fingerprint density at radius 2 is 1.80 bits per heavy atom. The highest BCUT2D eigenvalue weighted by Crippen LogP contribution is 2.24. The molecular formula is C22H25Cl2FN2O2S. The van der Waals surface area contributed by atoms with Gasteiger partial charge in [0.15, 0.2) is 0 Å². The molecule has 2 rings (SSSR count). The van der Waals surface area contributed by atoms with E-state index in [1.54, 1.807) is 43.3 Å². The maximum absolute atomic E-state index is 13.8. The van der Waals surface area contributed by atoms with Gasteiger partial charge >= 0.3 is 0 Å². The van der Waals surface area contributed by atoms with Crippen LogP contribution in [0.25, 0.3) is 0 Å². The topological polar surface area (TPSA) is 49.4 Å². The smallest absolute Gasteiger partial charge is 0.242 e. The van der Waals surface area contributed by atoms with Crippen LogP contribution < -0.4 is 5.32 Å². The average molecular weight is 471 g/mol. The third-order valence-electron chi connectivity index (χ3n) is 4.39. The lowest BCUT2D eigenvalue weighted by atomic mass is 10.1. The van der Waals surface area contributed by atoms with Crippen molar-refractivity contribution in [2.45, 2.75) is 45.2 Å². The number of amides is 2. The molecule has 0 saturated heterocycles. The van der Waals surface area contributed by atoms with Crippen molar-refractivity contribution < 1.29 is 14.0 Å². The first-order chi connectivity index (χ1) is 14.2. The Bertz CT molecular complexity index is 895. The van der Waals surface area contributed by atoms with Crippen LogP contribution in [0, 0.1) is 5.82 Å². The van der Waals surface area contributed by atoms with Gasteiger partial charge in [-0.1, -0.05) is 47.5 Å². The van der Waals surface area contributed by atoms with Gasteiger partial charge in [-0.05, 0) is 50.1 Å². The molecule has 2 aromatic carbocycles. The average Bonchev–Trinajstić information content (AvgIpc) is 2.67. The fourth-order valence-corrected chi connectivity index (χ4v) is 4.13. The van der Waals surface area contributed by atoms with E-state index in [0.717, 1.165) is 0 Å². The van der Waals surface area contributed by atoms with Crippen LogP contribution in [0.3, 0.4) is 0 Å². The lowest BCUT2D eigenvalue weighted by molar-refractivity contribution is -0.138. The van der Waals surface area contributed by atoms with Gasteiger partial charge in [0, 0.05) is 28.4 Å². The summed E-state index contributed by atoms with van der Waals surface area (Å²) in [5, 5.41) is 3.75. The monoisotopic (exact) mass is 470 g/mol. The number of rotatable bonds is 9. The summed E-state index contributed by atoms with van der Waals surface area (Å²) >= 11 is 13.5. The maximum atomic E-state index is 13.8. The van der Waals surface area contributed by atoms with Gasteiger partial charge in [0.2, 0.25) is 11.8 Å². The molecule has 0 radical (unpaired) electrons. The molecule has 2 amide bonds. The zero-order valence-electron chi connectivity index (χ0n) is 17.1. The van der Waals surface area contributed by atoms with Crippen LogP contribution in [0.2, 0.25) is 10.0 Å². The minimum Gasteiger partial charge on any atom is -0.352 e. The minimum absolute atomic E-state index is 0.0496.